The lowest BCUT2D eigenvalue weighted by Gasteiger charge is -2.12. The first-order valence-corrected chi connectivity index (χ1v) is 9.40. The number of primary sulfonamides is 1. The number of aromatic nitrogens is 2. The second-order valence-corrected chi connectivity index (χ2v) is 7.91. The molecule has 0 radical (unpaired) electrons. The molecule has 0 aliphatic rings. The van der Waals surface area contributed by atoms with Crippen LogP contribution >= 0.6 is 11.8 Å². The summed E-state index contributed by atoms with van der Waals surface area (Å²) in [4.78, 5) is 19.1. The van der Waals surface area contributed by atoms with E-state index in [9.17, 15) is 26.4 Å². The predicted octanol–water partition coefficient (Wildman–Crippen LogP) is 2.26. The minimum absolute atomic E-state index is 0.115. The zero-order chi connectivity index (χ0) is 19.5. The number of carbonyl (C=O) groups is 1. The molecule has 12 heteroatoms. The Morgan fingerprint density at radius 2 is 1.85 bits per heavy atom. The van der Waals surface area contributed by atoms with Crippen LogP contribution in [0, 0.1) is 0 Å². The van der Waals surface area contributed by atoms with Crippen LogP contribution in [0.2, 0.25) is 0 Å². The van der Waals surface area contributed by atoms with Crippen LogP contribution < -0.4 is 10.5 Å². The Morgan fingerprint density at radius 1 is 1.23 bits per heavy atom. The smallest absolute Gasteiger partial charge is 0.325 e. The standard InChI is InChI=1S/C14H13F3N4O3S2/c1-8(25-13-19-7-6-11(21-13)14(15,16)17)12(22)20-9-2-4-10(5-3-9)26(18,23)24/h2-8H,1H3,(H,20,22)(H2,18,23,24). The molecule has 0 saturated heterocycles. The van der Waals surface area contributed by atoms with Crippen LogP contribution in [0.15, 0.2) is 46.6 Å². The van der Waals surface area contributed by atoms with Crippen LogP contribution in [0.3, 0.4) is 0 Å². The summed E-state index contributed by atoms with van der Waals surface area (Å²) in [6.45, 7) is 1.47. The van der Waals surface area contributed by atoms with Gasteiger partial charge in [-0.2, -0.15) is 13.2 Å². The van der Waals surface area contributed by atoms with E-state index in [-0.39, 0.29) is 10.1 Å². The highest BCUT2D eigenvalue weighted by atomic mass is 32.2. The van der Waals surface area contributed by atoms with Crippen LogP contribution in [0.25, 0.3) is 0 Å². The van der Waals surface area contributed by atoms with Gasteiger partial charge in [0.05, 0.1) is 10.1 Å². The van der Waals surface area contributed by atoms with Gasteiger partial charge in [-0.15, -0.1) is 0 Å². The number of anilines is 1. The Morgan fingerprint density at radius 3 is 2.38 bits per heavy atom. The van der Waals surface area contributed by atoms with Gasteiger partial charge in [-0.25, -0.2) is 23.5 Å². The van der Waals surface area contributed by atoms with Crippen LogP contribution in [-0.4, -0.2) is 29.5 Å². The first-order valence-electron chi connectivity index (χ1n) is 6.97. The van der Waals surface area contributed by atoms with Gasteiger partial charge in [0.2, 0.25) is 15.9 Å². The molecule has 1 amide bonds. The summed E-state index contributed by atoms with van der Waals surface area (Å²) in [6, 6.07) is 5.87. The van der Waals surface area contributed by atoms with Crippen LogP contribution in [0.1, 0.15) is 12.6 Å². The molecule has 1 atom stereocenters. The zero-order valence-electron chi connectivity index (χ0n) is 13.2. The normalized spacial score (nSPS) is 13.3. The van der Waals surface area contributed by atoms with E-state index in [4.69, 9.17) is 5.14 Å². The second kappa shape index (κ2) is 7.60. The maximum atomic E-state index is 12.6. The number of hydrogen-bond donors (Lipinski definition) is 2. The largest absolute Gasteiger partial charge is 0.433 e. The van der Waals surface area contributed by atoms with Crippen molar-refractivity contribution in [1.29, 1.82) is 0 Å². The van der Waals surface area contributed by atoms with Crippen molar-refractivity contribution >= 4 is 33.4 Å². The molecule has 3 N–H and O–H groups in total. The lowest BCUT2D eigenvalue weighted by atomic mass is 10.3. The second-order valence-electron chi connectivity index (χ2n) is 5.04. The van der Waals surface area contributed by atoms with Gasteiger partial charge in [0, 0.05) is 11.9 Å². The van der Waals surface area contributed by atoms with Crippen LogP contribution in [0.5, 0.6) is 0 Å². The van der Waals surface area contributed by atoms with Crippen LogP contribution in [0.4, 0.5) is 18.9 Å². The van der Waals surface area contributed by atoms with Crippen molar-refractivity contribution in [3.05, 3.63) is 42.2 Å². The maximum Gasteiger partial charge on any atom is 0.433 e. The van der Waals surface area contributed by atoms with Crippen molar-refractivity contribution in [3.8, 4) is 0 Å². The lowest BCUT2D eigenvalue weighted by Crippen LogP contribution is -2.23. The van der Waals surface area contributed by atoms with E-state index in [1.54, 1.807) is 0 Å². The average molecular weight is 406 g/mol. The van der Waals surface area contributed by atoms with E-state index in [0.717, 1.165) is 24.0 Å². The number of thioether (sulfide) groups is 1. The minimum atomic E-state index is -4.60. The number of hydrogen-bond acceptors (Lipinski definition) is 6. The number of benzene rings is 1. The fourth-order valence-corrected chi connectivity index (χ4v) is 3.01. The number of halogens is 3. The van der Waals surface area contributed by atoms with E-state index < -0.39 is 33.1 Å². The number of nitrogens with zero attached hydrogens (tertiary/aromatic N) is 2. The van der Waals surface area contributed by atoms with Gasteiger partial charge in [0.15, 0.2) is 5.16 Å². The van der Waals surface area contributed by atoms with Crippen molar-refractivity contribution < 1.29 is 26.4 Å². The molecule has 7 nitrogen and oxygen atoms in total. The third-order valence-electron chi connectivity index (χ3n) is 3.03. The van der Waals surface area contributed by atoms with Gasteiger partial charge < -0.3 is 5.32 Å². The van der Waals surface area contributed by atoms with Crippen molar-refractivity contribution in [2.75, 3.05) is 5.32 Å². The highest BCUT2D eigenvalue weighted by Crippen LogP contribution is 2.29. The molecular formula is C14H13F3N4O3S2. The van der Waals surface area contributed by atoms with E-state index in [0.29, 0.717) is 5.69 Å². The Kier molecular flexibility index (Phi) is 5.88. The van der Waals surface area contributed by atoms with Crippen molar-refractivity contribution in [1.82, 2.24) is 9.97 Å². The molecule has 1 unspecified atom stereocenters. The third-order valence-corrected chi connectivity index (χ3v) is 4.93. The molecule has 1 aromatic heterocycles. The zero-order valence-corrected chi connectivity index (χ0v) is 14.8. The molecule has 0 bridgehead atoms. The number of nitrogens with two attached hydrogens (primary N) is 1. The topological polar surface area (TPSA) is 115 Å². The molecule has 26 heavy (non-hydrogen) atoms. The average Bonchev–Trinajstić information content (AvgIpc) is 2.54. The third kappa shape index (κ3) is 5.41. The molecule has 2 aromatic rings. The Labute approximate surface area is 151 Å². The first kappa shape index (κ1) is 20.1. The Hall–Kier alpha value is -2.18. The van der Waals surface area contributed by atoms with Gasteiger partial charge >= 0.3 is 6.18 Å². The number of nitrogens with one attached hydrogen (secondary N) is 1. The van der Waals surface area contributed by atoms with Gasteiger partial charge in [-0.3, -0.25) is 4.79 Å². The Bertz CT molecular complexity index is 902. The SMILES string of the molecule is CC(Sc1nccc(C(F)(F)F)n1)C(=O)Nc1ccc(S(N)(=O)=O)cc1. The summed E-state index contributed by atoms with van der Waals surface area (Å²) >= 11 is 0.758. The Balaban J connectivity index is 2.04. The summed E-state index contributed by atoms with van der Waals surface area (Å²) in [6.07, 6.45) is -3.64. The molecule has 1 heterocycles. The monoisotopic (exact) mass is 406 g/mol. The summed E-state index contributed by atoms with van der Waals surface area (Å²) in [5.74, 6) is -0.514. The molecule has 140 valence electrons. The van der Waals surface area contributed by atoms with Crippen LogP contribution in [-0.2, 0) is 21.0 Å². The number of carbonyl (C=O) groups excluding carboxylic acids is 1. The van der Waals surface area contributed by atoms with E-state index in [1.807, 2.05) is 0 Å². The van der Waals surface area contributed by atoms with Gasteiger partial charge in [0.1, 0.15) is 5.69 Å². The quantitative estimate of drug-likeness (QED) is 0.581. The van der Waals surface area contributed by atoms with Crippen molar-refractivity contribution in [2.24, 2.45) is 5.14 Å². The van der Waals surface area contributed by atoms with E-state index in [1.165, 1.54) is 31.2 Å². The first-order chi connectivity index (χ1) is 12.0. The minimum Gasteiger partial charge on any atom is -0.325 e. The summed E-state index contributed by atoms with van der Waals surface area (Å²) in [5.41, 5.74) is -0.791. The highest BCUT2D eigenvalue weighted by Gasteiger charge is 2.33. The van der Waals surface area contributed by atoms with Crippen molar-refractivity contribution in [3.63, 3.8) is 0 Å². The fourth-order valence-electron chi connectivity index (χ4n) is 1.74. The molecule has 0 spiro atoms. The molecule has 1 aromatic carbocycles. The van der Waals surface area contributed by atoms with Gasteiger partial charge in [-0.05, 0) is 37.3 Å². The molecule has 2 rings (SSSR count). The van der Waals surface area contributed by atoms with Crippen molar-refractivity contribution in [2.45, 2.75) is 28.4 Å². The highest BCUT2D eigenvalue weighted by molar-refractivity contribution is 8.00. The molecule has 0 aliphatic carbocycles. The summed E-state index contributed by atoms with van der Waals surface area (Å²) in [5, 5.41) is 6.50. The van der Waals surface area contributed by atoms with E-state index >= 15 is 0 Å². The number of alkyl halides is 3. The fraction of sp³-hybridized carbons (Fsp3) is 0.214. The maximum absolute atomic E-state index is 12.6. The number of amides is 1. The predicted molar refractivity (Wildman–Crippen MR) is 88.8 cm³/mol. The number of rotatable bonds is 5. The summed E-state index contributed by atoms with van der Waals surface area (Å²) < 4.78 is 60.3. The summed E-state index contributed by atoms with van der Waals surface area (Å²) in [7, 11) is -3.85. The van der Waals surface area contributed by atoms with Gasteiger partial charge in [-0.1, -0.05) is 11.8 Å². The molecule has 0 saturated carbocycles. The van der Waals surface area contributed by atoms with E-state index in [2.05, 4.69) is 15.3 Å². The molecule has 0 fully saturated rings. The number of sulfonamides is 1. The lowest BCUT2D eigenvalue weighted by molar-refractivity contribution is -0.141. The van der Waals surface area contributed by atoms with Gasteiger partial charge in [0.25, 0.3) is 0 Å². The molecular weight excluding hydrogens is 393 g/mol. The molecule has 0 aliphatic heterocycles.